The van der Waals surface area contributed by atoms with Crippen LogP contribution in [-0.4, -0.2) is 67.5 Å². The van der Waals surface area contributed by atoms with Crippen molar-refractivity contribution in [3.05, 3.63) is 35.9 Å². The quantitative estimate of drug-likeness (QED) is 0.680. The molecule has 9 nitrogen and oxygen atoms in total. The standard InChI is InChI=1S/C17H21NO7S.H2O/c1-18-12-7-8-17(18)15(24-26(21,22)25-17)14(9-12)23-16(20)13(10-19)11-5-3-2-4-6-11;/h2-6,12-15,19H,7-10H2,1H3;1H2/t12?,13-,14?,15?,17?;/m1./s1. The van der Waals surface area contributed by atoms with Crippen molar-refractivity contribution in [2.75, 3.05) is 13.7 Å². The van der Waals surface area contributed by atoms with E-state index < -0.39 is 46.8 Å². The van der Waals surface area contributed by atoms with Gasteiger partial charge in [0.15, 0.2) is 11.8 Å². The van der Waals surface area contributed by atoms with Crippen molar-refractivity contribution in [2.45, 2.75) is 49.2 Å². The molecule has 10 heteroatoms. The Hall–Kier alpha value is -1.56. The minimum absolute atomic E-state index is 0. The van der Waals surface area contributed by atoms with Gasteiger partial charge < -0.3 is 15.3 Å². The highest BCUT2D eigenvalue weighted by atomic mass is 32.3. The highest BCUT2D eigenvalue weighted by Crippen LogP contribution is 2.51. The van der Waals surface area contributed by atoms with Crippen LogP contribution in [0.5, 0.6) is 0 Å². The number of carbonyl (C=O) groups is 1. The van der Waals surface area contributed by atoms with Crippen molar-refractivity contribution in [2.24, 2.45) is 0 Å². The minimum Gasteiger partial charge on any atom is -0.459 e. The molecule has 0 radical (unpaired) electrons. The van der Waals surface area contributed by atoms with E-state index in [2.05, 4.69) is 0 Å². The van der Waals surface area contributed by atoms with E-state index >= 15 is 0 Å². The van der Waals surface area contributed by atoms with Crippen LogP contribution >= 0.6 is 0 Å². The Morgan fingerprint density at radius 2 is 2.11 bits per heavy atom. The molecule has 0 amide bonds. The van der Waals surface area contributed by atoms with Crippen molar-refractivity contribution in [1.82, 2.24) is 4.90 Å². The molecule has 4 unspecified atom stereocenters. The number of likely N-dealkylation sites (N-methyl/N-ethyl adjacent to an activating group) is 1. The lowest BCUT2D eigenvalue weighted by atomic mass is 9.93. The molecule has 0 aliphatic carbocycles. The van der Waals surface area contributed by atoms with E-state index in [4.69, 9.17) is 13.1 Å². The van der Waals surface area contributed by atoms with E-state index in [0.29, 0.717) is 18.4 Å². The summed E-state index contributed by atoms with van der Waals surface area (Å²) in [6, 6.07) is 8.89. The van der Waals surface area contributed by atoms with Crippen LogP contribution in [0.15, 0.2) is 30.3 Å². The van der Waals surface area contributed by atoms with Crippen LogP contribution in [0.3, 0.4) is 0 Å². The molecule has 1 spiro atoms. The van der Waals surface area contributed by atoms with E-state index in [1.807, 2.05) is 11.0 Å². The minimum atomic E-state index is -4.13. The van der Waals surface area contributed by atoms with Gasteiger partial charge in [0, 0.05) is 12.5 Å². The van der Waals surface area contributed by atoms with E-state index in [0.717, 1.165) is 6.42 Å². The second-order valence-electron chi connectivity index (χ2n) is 7.01. The van der Waals surface area contributed by atoms with Gasteiger partial charge in [-0.15, -0.1) is 0 Å². The molecule has 3 N–H and O–H groups in total. The molecule has 0 aromatic heterocycles. The third-order valence-electron chi connectivity index (χ3n) is 5.67. The summed E-state index contributed by atoms with van der Waals surface area (Å²) in [5.74, 6) is -1.43. The molecule has 5 atom stereocenters. The zero-order valence-electron chi connectivity index (χ0n) is 14.8. The van der Waals surface area contributed by atoms with E-state index in [-0.39, 0.29) is 11.5 Å². The molecule has 3 aliphatic heterocycles. The molecule has 3 heterocycles. The maximum atomic E-state index is 12.7. The highest BCUT2D eigenvalue weighted by molar-refractivity contribution is 7.82. The summed E-state index contributed by atoms with van der Waals surface area (Å²) in [6.07, 6.45) is 0.0352. The van der Waals surface area contributed by atoms with Gasteiger partial charge in [-0.1, -0.05) is 30.3 Å². The molecule has 150 valence electrons. The summed E-state index contributed by atoms with van der Waals surface area (Å²) in [4.78, 5) is 14.5. The van der Waals surface area contributed by atoms with E-state index in [1.165, 1.54) is 0 Å². The Morgan fingerprint density at radius 1 is 1.41 bits per heavy atom. The highest BCUT2D eigenvalue weighted by Gasteiger charge is 2.67. The van der Waals surface area contributed by atoms with Gasteiger partial charge in [0.05, 0.1) is 6.61 Å². The molecule has 0 saturated carbocycles. The Bertz CT molecular complexity index is 800. The fraction of sp³-hybridized carbons (Fsp3) is 0.588. The summed E-state index contributed by atoms with van der Waals surface area (Å²) in [7, 11) is -2.34. The average molecular weight is 401 g/mol. The normalized spacial score (nSPS) is 35.1. The molecule has 3 saturated heterocycles. The molecule has 27 heavy (non-hydrogen) atoms. The average Bonchev–Trinajstić information content (AvgIpc) is 3.01. The summed E-state index contributed by atoms with van der Waals surface area (Å²) >= 11 is 0. The lowest BCUT2D eigenvalue weighted by Gasteiger charge is -2.43. The number of benzene rings is 1. The van der Waals surface area contributed by atoms with Crippen LogP contribution in [0.4, 0.5) is 0 Å². The lowest BCUT2D eigenvalue weighted by Crippen LogP contribution is -2.61. The van der Waals surface area contributed by atoms with Crippen molar-refractivity contribution >= 4 is 16.4 Å². The second kappa shape index (κ2) is 7.12. The first-order valence-electron chi connectivity index (χ1n) is 8.59. The first-order valence-corrected chi connectivity index (χ1v) is 9.93. The number of aliphatic hydroxyl groups is 1. The summed E-state index contributed by atoms with van der Waals surface area (Å²) < 4.78 is 39.9. The largest absolute Gasteiger partial charge is 0.459 e. The van der Waals surface area contributed by atoms with Crippen molar-refractivity contribution in [3.8, 4) is 0 Å². The van der Waals surface area contributed by atoms with Crippen LogP contribution in [0.25, 0.3) is 0 Å². The number of nitrogens with zero attached hydrogens (tertiary/aromatic N) is 1. The number of hydrogen-bond donors (Lipinski definition) is 1. The molecule has 4 rings (SSSR count). The zero-order chi connectivity index (χ0) is 18.5. The zero-order valence-corrected chi connectivity index (χ0v) is 15.6. The third kappa shape index (κ3) is 3.26. The molecule has 3 fully saturated rings. The van der Waals surface area contributed by atoms with Crippen LogP contribution in [-0.2, 0) is 28.3 Å². The predicted octanol–water partition coefficient (Wildman–Crippen LogP) is -0.296. The van der Waals surface area contributed by atoms with Crippen LogP contribution in [0.2, 0.25) is 0 Å². The van der Waals surface area contributed by atoms with Gasteiger partial charge >= 0.3 is 16.4 Å². The summed E-state index contributed by atoms with van der Waals surface area (Å²) in [6.45, 7) is -0.398. The number of aliphatic hydroxyl groups excluding tert-OH is 1. The maximum absolute atomic E-state index is 12.7. The first kappa shape index (κ1) is 20.2. The van der Waals surface area contributed by atoms with Crippen molar-refractivity contribution in [1.29, 1.82) is 0 Å². The topological polar surface area (TPSA) is 134 Å². The molecule has 1 aromatic rings. The summed E-state index contributed by atoms with van der Waals surface area (Å²) in [5, 5.41) is 9.65. The number of ether oxygens (including phenoxy) is 1. The number of carbonyl (C=O) groups excluding carboxylic acids is 1. The lowest BCUT2D eigenvalue weighted by molar-refractivity contribution is -0.182. The SMILES string of the molecule is CN1C2CCC13OS(=O)(=O)OC3C(OC(=O)[C@H](CO)c1ccccc1)C2.O. The number of esters is 1. The smallest absolute Gasteiger partial charge is 0.402 e. The number of hydrogen-bond acceptors (Lipinski definition) is 8. The Morgan fingerprint density at radius 3 is 2.78 bits per heavy atom. The van der Waals surface area contributed by atoms with Gasteiger partial charge in [0.2, 0.25) is 0 Å². The third-order valence-corrected chi connectivity index (χ3v) is 6.61. The fourth-order valence-corrected chi connectivity index (χ4v) is 5.52. The molecule has 1 aromatic carbocycles. The Labute approximate surface area is 157 Å². The van der Waals surface area contributed by atoms with Crippen LogP contribution < -0.4 is 0 Å². The molecule has 3 aliphatic rings. The second-order valence-corrected chi connectivity index (χ2v) is 8.19. The number of piperidine rings is 1. The molecular formula is C17H23NO8S. The number of fused-ring (bicyclic) bond motifs is 1. The van der Waals surface area contributed by atoms with Gasteiger partial charge in [-0.3, -0.25) is 9.69 Å². The first-order chi connectivity index (χ1) is 12.4. The summed E-state index contributed by atoms with van der Waals surface area (Å²) in [5.41, 5.74) is -0.476. The Balaban J connectivity index is 0.00000210. The van der Waals surface area contributed by atoms with Gasteiger partial charge in [-0.2, -0.15) is 8.42 Å². The van der Waals surface area contributed by atoms with Gasteiger partial charge in [0.25, 0.3) is 0 Å². The monoisotopic (exact) mass is 401 g/mol. The maximum Gasteiger partial charge on any atom is 0.402 e. The van der Waals surface area contributed by atoms with Crippen LogP contribution in [0, 0.1) is 0 Å². The van der Waals surface area contributed by atoms with Gasteiger partial charge in [0.1, 0.15) is 12.0 Å². The van der Waals surface area contributed by atoms with Gasteiger partial charge in [-0.25, -0.2) is 8.37 Å². The van der Waals surface area contributed by atoms with Gasteiger partial charge in [-0.05, 0) is 25.5 Å². The molecular weight excluding hydrogens is 378 g/mol. The van der Waals surface area contributed by atoms with Crippen LogP contribution in [0.1, 0.15) is 30.7 Å². The Kier molecular flexibility index (Phi) is 5.32. The van der Waals surface area contributed by atoms with E-state index in [1.54, 1.807) is 31.3 Å². The fourth-order valence-electron chi connectivity index (χ4n) is 4.30. The number of rotatable bonds is 4. The van der Waals surface area contributed by atoms with E-state index in [9.17, 15) is 18.3 Å². The molecule has 2 bridgehead atoms. The van der Waals surface area contributed by atoms with Crippen molar-refractivity contribution in [3.63, 3.8) is 0 Å². The predicted molar refractivity (Wildman–Crippen MR) is 92.8 cm³/mol. The van der Waals surface area contributed by atoms with Crippen molar-refractivity contribution < 1.29 is 36.9 Å².